The van der Waals surface area contributed by atoms with Gasteiger partial charge in [0.2, 0.25) is 0 Å². The molecule has 1 rings (SSSR count). The lowest BCUT2D eigenvalue weighted by Crippen LogP contribution is -2.69. The molecule has 1 aromatic rings. The van der Waals surface area contributed by atoms with Crippen molar-refractivity contribution in [2.45, 2.75) is 12.5 Å². The fourth-order valence-electron chi connectivity index (χ4n) is 1.41. The fourth-order valence-corrected chi connectivity index (χ4v) is 1.41. The van der Waals surface area contributed by atoms with Crippen molar-refractivity contribution >= 4 is 17.3 Å². The van der Waals surface area contributed by atoms with E-state index < -0.39 is 39.0 Å². The normalized spacial score (nSPS) is 11.8. The van der Waals surface area contributed by atoms with Crippen LogP contribution in [0, 0.1) is 20.2 Å². The van der Waals surface area contributed by atoms with E-state index in [1.807, 2.05) is 0 Å². The van der Waals surface area contributed by atoms with Gasteiger partial charge in [0.05, 0.1) is 21.6 Å². The molecular formula is C9H8N3O7-. The van der Waals surface area contributed by atoms with Crippen LogP contribution in [-0.4, -0.2) is 21.9 Å². The van der Waals surface area contributed by atoms with Gasteiger partial charge in [0.1, 0.15) is 6.04 Å². The Labute approximate surface area is 105 Å². The molecule has 0 fully saturated rings. The smallest absolute Gasteiger partial charge is 0.268 e. The summed E-state index contributed by atoms with van der Waals surface area (Å²) < 4.78 is 0. The Morgan fingerprint density at radius 3 is 1.95 bits per heavy atom. The molecule has 0 aliphatic carbocycles. The number of benzene rings is 1. The number of carbonyl (C=O) groups is 1. The molecule has 0 amide bonds. The Morgan fingerprint density at radius 2 is 1.63 bits per heavy atom. The van der Waals surface area contributed by atoms with Crippen LogP contribution in [0.5, 0.6) is 5.75 Å². The largest absolute Gasteiger partial charge is 0.863 e. The highest BCUT2D eigenvalue weighted by molar-refractivity contribution is 5.70. The molecule has 0 heterocycles. The predicted molar refractivity (Wildman–Crippen MR) is 54.6 cm³/mol. The van der Waals surface area contributed by atoms with Gasteiger partial charge < -0.3 is 20.7 Å². The van der Waals surface area contributed by atoms with E-state index in [-0.39, 0.29) is 12.0 Å². The number of carbonyl (C=O) groups excluding carboxylic acids is 1. The molecule has 0 aromatic heterocycles. The van der Waals surface area contributed by atoms with Crippen molar-refractivity contribution in [3.8, 4) is 5.75 Å². The molecule has 3 N–H and O–H groups in total. The Balaban J connectivity index is 3.30. The van der Waals surface area contributed by atoms with Gasteiger partial charge in [-0.15, -0.1) is 0 Å². The van der Waals surface area contributed by atoms with E-state index in [1.54, 1.807) is 0 Å². The van der Waals surface area contributed by atoms with Crippen LogP contribution in [0.15, 0.2) is 12.1 Å². The van der Waals surface area contributed by atoms with Crippen molar-refractivity contribution < 1.29 is 30.6 Å². The average Bonchev–Trinajstić information content (AvgIpc) is 2.30. The van der Waals surface area contributed by atoms with E-state index in [0.717, 1.165) is 12.1 Å². The van der Waals surface area contributed by atoms with Gasteiger partial charge in [0.25, 0.3) is 11.4 Å². The van der Waals surface area contributed by atoms with Crippen molar-refractivity contribution in [2.24, 2.45) is 0 Å². The topological polar surface area (TPSA) is 177 Å². The summed E-state index contributed by atoms with van der Waals surface area (Å²) in [6, 6.07) is 0.365. The molecule has 10 nitrogen and oxygen atoms in total. The van der Waals surface area contributed by atoms with Crippen LogP contribution >= 0.6 is 0 Å². The zero-order chi connectivity index (χ0) is 14.7. The summed E-state index contributed by atoms with van der Waals surface area (Å²) in [6.45, 7) is 0. The van der Waals surface area contributed by atoms with Gasteiger partial charge >= 0.3 is 0 Å². The maximum atomic E-state index is 11.4. The number of hydrogen-bond donors (Lipinski definition) is 1. The monoisotopic (exact) mass is 270 g/mol. The van der Waals surface area contributed by atoms with Crippen LogP contribution in [0.1, 0.15) is 5.56 Å². The maximum absolute atomic E-state index is 11.4. The van der Waals surface area contributed by atoms with Crippen LogP contribution in [0.2, 0.25) is 0 Å². The molecule has 19 heavy (non-hydrogen) atoms. The first kappa shape index (κ1) is 14.3. The first-order valence-electron chi connectivity index (χ1n) is 4.90. The molecule has 1 unspecified atom stereocenters. The number of nitro groups is 2. The second-order valence-corrected chi connectivity index (χ2v) is 3.70. The number of hydrogen-bond acceptors (Lipinski definition) is 7. The van der Waals surface area contributed by atoms with Crippen molar-refractivity contribution in [3.63, 3.8) is 0 Å². The molecule has 0 aliphatic heterocycles. The van der Waals surface area contributed by atoms with Gasteiger partial charge in [0, 0.05) is 18.6 Å². The highest BCUT2D eigenvalue weighted by atomic mass is 16.6. The molecule has 0 saturated heterocycles. The summed E-state index contributed by atoms with van der Waals surface area (Å²) in [5.41, 5.74) is 1.23. The van der Waals surface area contributed by atoms with Crippen molar-refractivity contribution in [1.29, 1.82) is 0 Å². The summed E-state index contributed by atoms with van der Waals surface area (Å²) in [7, 11) is 0. The maximum Gasteiger partial charge on any atom is 0.268 e. The van der Waals surface area contributed by atoms with Crippen LogP contribution in [0.4, 0.5) is 11.4 Å². The minimum atomic E-state index is -1.50. The van der Waals surface area contributed by atoms with E-state index in [2.05, 4.69) is 5.73 Å². The van der Waals surface area contributed by atoms with Crippen molar-refractivity contribution in [3.05, 3.63) is 37.9 Å². The summed E-state index contributed by atoms with van der Waals surface area (Å²) in [4.78, 5) is 29.6. The number of rotatable bonds is 5. The molecule has 0 saturated carbocycles. The van der Waals surface area contributed by atoms with Crippen molar-refractivity contribution in [2.75, 3.05) is 0 Å². The van der Waals surface area contributed by atoms with Crippen molar-refractivity contribution in [1.82, 2.24) is 0 Å². The van der Waals surface area contributed by atoms with Crippen LogP contribution in [0.3, 0.4) is 0 Å². The molecule has 0 spiro atoms. The molecule has 0 bridgehead atoms. The minimum Gasteiger partial charge on any atom is -0.863 e. The summed E-state index contributed by atoms with van der Waals surface area (Å²) in [5, 5.41) is 43.1. The van der Waals surface area contributed by atoms with Crippen LogP contribution < -0.4 is 15.9 Å². The molecular weight excluding hydrogens is 262 g/mol. The molecule has 0 radical (unpaired) electrons. The minimum absolute atomic E-state index is 0.0396. The van der Waals surface area contributed by atoms with E-state index in [0.29, 0.717) is 0 Å². The van der Waals surface area contributed by atoms with Gasteiger partial charge in [0.15, 0.2) is 0 Å². The van der Waals surface area contributed by atoms with Crippen LogP contribution in [0.25, 0.3) is 0 Å². The fraction of sp³-hybridized carbons (Fsp3) is 0.222. The number of carboxylic acid groups (broad SMARTS) is 1. The van der Waals surface area contributed by atoms with Gasteiger partial charge in [-0.05, 0) is 5.56 Å². The number of quaternary nitrogens is 1. The zero-order valence-electron chi connectivity index (χ0n) is 9.40. The lowest BCUT2D eigenvalue weighted by atomic mass is 10.0. The zero-order valence-corrected chi connectivity index (χ0v) is 9.40. The average molecular weight is 270 g/mol. The SMILES string of the molecule is [NH3+]C(Cc1cc([N+](=O)[O-])c([O-])c([N+](=O)[O-])c1)C(=O)[O-]. The molecule has 102 valence electrons. The number of nitrogens with zero attached hydrogens (tertiary/aromatic N) is 2. The highest BCUT2D eigenvalue weighted by Gasteiger charge is 2.21. The summed E-state index contributed by atoms with van der Waals surface area (Å²) >= 11 is 0. The Bertz CT molecular complexity index is 522. The first-order chi connectivity index (χ1) is 8.73. The molecule has 1 atom stereocenters. The third-order valence-electron chi connectivity index (χ3n) is 2.32. The second kappa shape index (κ2) is 5.27. The lowest BCUT2D eigenvalue weighted by molar-refractivity contribution is -0.437. The quantitative estimate of drug-likeness (QED) is 0.452. The summed E-state index contributed by atoms with van der Waals surface area (Å²) in [5.74, 6) is -2.83. The van der Waals surface area contributed by atoms with Crippen LogP contribution in [-0.2, 0) is 11.2 Å². The first-order valence-corrected chi connectivity index (χ1v) is 4.90. The van der Waals surface area contributed by atoms with Gasteiger partial charge in [-0.25, -0.2) is 0 Å². The second-order valence-electron chi connectivity index (χ2n) is 3.70. The number of aliphatic carboxylic acids is 1. The molecule has 10 heteroatoms. The standard InChI is InChI=1S/C9H9N3O7/c10-5(9(14)15)1-4-2-6(11(16)17)8(13)7(3-4)12(18)19/h2-3,5,13H,1,10H2,(H,14,15)/p-1. The van der Waals surface area contributed by atoms with Gasteiger partial charge in [-0.1, -0.05) is 0 Å². The van der Waals surface area contributed by atoms with E-state index >= 15 is 0 Å². The van der Waals surface area contributed by atoms with E-state index in [9.17, 15) is 35.2 Å². The van der Waals surface area contributed by atoms with E-state index in [1.165, 1.54) is 0 Å². The Morgan fingerprint density at radius 1 is 1.21 bits per heavy atom. The predicted octanol–water partition coefficient (Wildman–Crippen LogP) is -2.52. The van der Waals surface area contributed by atoms with Gasteiger partial charge in [-0.3, -0.25) is 20.2 Å². The lowest BCUT2D eigenvalue weighted by Gasteiger charge is -2.12. The van der Waals surface area contributed by atoms with E-state index in [4.69, 9.17) is 0 Å². The third kappa shape index (κ3) is 3.13. The molecule has 1 aromatic carbocycles. The third-order valence-corrected chi connectivity index (χ3v) is 2.32. The van der Waals surface area contributed by atoms with Gasteiger partial charge in [-0.2, -0.15) is 0 Å². The molecule has 0 aliphatic rings. The summed E-state index contributed by atoms with van der Waals surface area (Å²) in [6.07, 6.45) is -0.315. The highest BCUT2D eigenvalue weighted by Crippen LogP contribution is 2.34. The number of carboxylic acids is 1. The Hall–Kier alpha value is -2.75. The number of nitro benzene ring substituents is 2. The Kier molecular flexibility index (Phi) is 3.97.